The summed E-state index contributed by atoms with van der Waals surface area (Å²) in [5.41, 5.74) is 0. The van der Waals surface area contributed by atoms with Crippen LogP contribution in [-0.2, 0) is 0 Å². The van der Waals surface area contributed by atoms with E-state index in [0.29, 0.717) is 0 Å². The molecule has 0 aromatic heterocycles. The predicted octanol–water partition coefficient (Wildman–Crippen LogP) is 1.93. The zero-order chi connectivity index (χ0) is 12.8. The second kappa shape index (κ2) is 7.46. The van der Waals surface area contributed by atoms with Crippen LogP contribution in [0.5, 0.6) is 0 Å². The van der Waals surface area contributed by atoms with E-state index in [1.54, 1.807) is 0 Å². The molecule has 106 valence electrons. The minimum atomic E-state index is 0.778. The van der Waals surface area contributed by atoms with Crippen LogP contribution in [0.15, 0.2) is 0 Å². The molecule has 0 amide bonds. The van der Waals surface area contributed by atoms with Gasteiger partial charge in [-0.2, -0.15) is 0 Å². The molecule has 0 radical (unpaired) electrons. The summed E-state index contributed by atoms with van der Waals surface area (Å²) in [6.45, 7) is 12.2. The van der Waals surface area contributed by atoms with Gasteiger partial charge in [-0.1, -0.05) is 13.8 Å². The summed E-state index contributed by atoms with van der Waals surface area (Å²) in [4.78, 5) is 5.17. The van der Waals surface area contributed by atoms with Crippen molar-refractivity contribution in [2.24, 2.45) is 0 Å². The smallest absolute Gasteiger partial charge is 0.00940 e. The van der Waals surface area contributed by atoms with E-state index in [4.69, 9.17) is 0 Å². The lowest BCUT2D eigenvalue weighted by atomic mass is 10.0. The maximum atomic E-state index is 3.93. The van der Waals surface area contributed by atoms with Gasteiger partial charge in [0.2, 0.25) is 0 Å². The van der Waals surface area contributed by atoms with Gasteiger partial charge >= 0.3 is 0 Å². The maximum absolute atomic E-state index is 3.93. The molecule has 1 atom stereocenters. The number of nitrogens with zero attached hydrogens (tertiary/aromatic N) is 2. The Balaban J connectivity index is 1.70. The third-order valence-electron chi connectivity index (χ3n) is 4.77. The molecule has 2 rings (SSSR count). The summed E-state index contributed by atoms with van der Waals surface area (Å²) in [6, 6.07) is 1.56. The van der Waals surface area contributed by atoms with E-state index in [1.807, 2.05) is 0 Å². The van der Waals surface area contributed by atoms with Crippen LogP contribution in [-0.4, -0.2) is 61.2 Å². The number of hydrogen-bond donors (Lipinski definition) is 1. The van der Waals surface area contributed by atoms with Crippen LogP contribution < -0.4 is 5.32 Å². The van der Waals surface area contributed by atoms with Crippen molar-refractivity contribution in [1.82, 2.24) is 15.1 Å². The van der Waals surface area contributed by atoms with Crippen LogP contribution in [0.2, 0.25) is 0 Å². The molecule has 2 saturated heterocycles. The molecular weight excluding hydrogens is 222 g/mol. The van der Waals surface area contributed by atoms with Crippen LogP contribution in [0.1, 0.15) is 46.0 Å². The first-order chi connectivity index (χ1) is 8.81. The highest BCUT2D eigenvalue weighted by Crippen LogP contribution is 2.15. The molecule has 0 aromatic rings. The summed E-state index contributed by atoms with van der Waals surface area (Å²) in [5.74, 6) is 0. The van der Waals surface area contributed by atoms with E-state index in [0.717, 1.165) is 12.1 Å². The summed E-state index contributed by atoms with van der Waals surface area (Å²) in [7, 11) is 0. The van der Waals surface area contributed by atoms with E-state index < -0.39 is 0 Å². The molecule has 0 spiro atoms. The molecule has 18 heavy (non-hydrogen) atoms. The second-order valence-corrected chi connectivity index (χ2v) is 5.94. The number of likely N-dealkylation sites (tertiary alicyclic amines) is 2. The van der Waals surface area contributed by atoms with Gasteiger partial charge in [0.1, 0.15) is 0 Å². The number of rotatable bonds is 4. The van der Waals surface area contributed by atoms with Crippen LogP contribution in [0, 0.1) is 0 Å². The Morgan fingerprint density at radius 1 is 0.778 bits per heavy atom. The highest BCUT2D eigenvalue weighted by molar-refractivity contribution is 4.82. The van der Waals surface area contributed by atoms with E-state index >= 15 is 0 Å². The first kappa shape index (κ1) is 14.3. The third kappa shape index (κ3) is 4.22. The first-order valence-corrected chi connectivity index (χ1v) is 8.02. The molecule has 2 fully saturated rings. The Labute approximate surface area is 113 Å². The molecular formula is C15H31N3. The van der Waals surface area contributed by atoms with Crippen molar-refractivity contribution < 1.29 is 0 Å². The van der Waals surface area contributed by atoms with Crippen molar-refractivity contribution in [2.75, 3.05) is 39.3 Å². The molecule has 2 aliphatic heterocycles. The van der Waals surface area contributed by atoms with Gasteiger partial charge in [-0.25, -0.2) is 0 Å². The average molecular weight is 253 g/mol. The van der Waals surface area contributed by atoms with Crippen LogP contribution in [0.4, 0.5) is 0 Å². The van der Waals surface area contributed by atoms with Crippen molar-refractivity contribution in [3.05, 3.63) is 0 Å². The Morgan fingerprint density at radius 2 is 1.28 bits per heavy atom. The Kier molecular flexibility index (Phi) is 5.93. The quantitative estimate of drug-likeness (QED) is 0.826. The highest BCUT2D eigenvalue weighted by Gasteiger charge is 2.22. The lowest BCUT2D eigenvalue weighted by Gasteiger charge is -2.33. The summed E-state index contributed by atoms with van der Waals surface area (Å²) < 4.78 is 0. The Hall–Kier alpha value is -0.120. The Morgan fingerprint density at radius 3 is 1.83 bits per heavy atom. The largest absolute Gasteiger partial charge is 0.311 e. The summed E-state index contributed by atoms with van der Waals surface area (Å²) in [5, 5.41) is 3.93. The van der Waals surface area contributed by atoms with Crippen molar-refractivity contribution in [2.45, 2.75) is 58.0 Å². The molecule has 3 nitrogen and oxygen atoms in total. The van der Waals surface area contributed by atoms with Gasteiger partial charge in [-0.15, -0.1) is 0 Å². The second-order valence-electron chi connectivity index (χ2n) is 5.94. The van der Waals surface area contributed by atoms with Gasteiger partial charge in [0, 0.05) is 12.1 Å². The minimum absolute atomic E-state index is 0.778. The molecule has 0 aromatic carbocycles. The van der Waals surface area contributed by atoms with E-state index in [1.165, 1.54) is 71.4 Å². The SMILES string of the molecule is CCN1CCCC(NC2CCN(CC)CC2)CC1. The molecule has 3 heteroatoms. The summed E-state index contributed by atoms with van der Waals surface area (Å²) in [6.07, 6.45) is 6.80. The average Bonchev–Trinajstić information content (AvgIpc) is 2.65. The fourth-order valence-corrected chi connectivity index (χ4v) is 3.39. The highest BCUT2D eigenvalue weighted by atomic mass is 15.1. The van der Waals surface area contributed by atoms with Crippen LogP contribution in [0.25, 0.3) is 0 Å². The van der Waals surface area contributed by atoms with Crippen molar-refractivity contribution in [3.63, 3.8) is 0 Å². The molecule has 0 aliphatic carbocycles. The number of nitrogens with one attached hydrogen (secondary N) is 1. The van der Waals surface area contributed by atoms with Gasteiger partial charge in [0.15, 0.2) is 0 Å². The lowest BCUT2D eigenvalue weighted by molar-refractivity contribution is 0.195. The van der Waals surface area contributed by atoms with E-state index in [2.05, 4.69) is 29.0 Å². The fraction of sp³-hybridized carbons (Fsp3) is 1.00. The van der Waals surface area contributed by atoms with Gasteiger partial charge in [0.25, 0.3) is 0 Å². The molecule has 2 heterocycles. The van der Waals surface area contributed by atoms with Crippen LogP contribution >= 0.6 is 0 Å². The number of piperidine rings is 1. The maximum Gasteiger partial charge on any atom is 0.00940 e. The topological polar surface area (TPSA) is 18.5 Å². The number of hydrogen-bond acceptors (Lipinski definition) is 3. The van der Waals surface area contributed by atoms with Gasteiger partial charge < -0.3 is 15.1 Å². The normalized spacial score (nSPS) is 29.3. The van der Waals surface area contributed by atoms with E-state index in [-0.39, 0.29) is 0 Å². The lowest BCUT2D eigenvalue weighted by Crippen LogP contribution is -2.46. The van der Waals surface area contributed by atoms with Crippen molar-refractivity contribution in [1.29, 1.82) is 0 Å². The van der Waals surface area contributed by atoms with E-state index in [9.17, 15) is 0 Å². The van der Waals surface area contributed by atoms with Gasteiger partial charge in [-0.3, -0.25) is 0 Å². The minimum Gasteiger partial charge on any atom is -0.311 e. The molecule has 2 aliphatic rings. The standard InChI is InChI=1S/C15H31N3/c1-3-17-10-5-6-14(7-11-17)16-15-8-12-18(4-2)13-9-15/h14-16H,3-13H2,1-2H3. The van der Waals surface area contributed by atoms with Gasteiger partial charge in [-0.05, 0) is 71.4 Å². The van der Waals surface area contributed by atoms with Crippen molar-refractivity contribution >= 4 is 0 Å². The van der Waals surface area contributed by atoms with Gasteiger partial charge in [0.05, 0.1) is 0 Å². The third-order valence-corrected chi connectivity index (χ3v) is 4.77. The fourth-order valence-electron chi connectivity index (χ4n) is 3.39. The van der Waals surface area contributed by atoms with Crippen molar-refractivity contribution in [3.8, 4) is 0 Å². The monoisotopic (exact) mass is 253 g/mol. The first-order valence-electron chi connectivity index (χ1n) is 8.02. The molecule has 0 saturated carbocycles. The zero-order valence-electron chi connectivity index (χ0n) is 12.3. The molecule has 1 unspecified atom stereocenters. The molecule has 1 N–H and O–H groups in total. The van der Waals surface area contributed by atoms with Crippen LogP contribution in [0.3, 0.4) is 0 Å². The molecule has 0 bridgehead atoms. The summed E-state index contributed by atoms with van der Waals surface area (Å²) >= 11 is 0. The predicted molar refractivity (Wildman–Crippen MR) is 78.0 cm³/mol. The zero-order valence-corrected chi connectivity index (χ0v) is 12.3. The Bertz CT molecular complexity index is 224.